The van der Waals surface area contributed by atoms with Crippen molar-refractivity contribution in [3.05, 3.63) is 35.8 Å². The molecule has 0 fully saturated rings. The number of hydrogen-bond acceptors (Lipinski definition) is 3. The monoisotopic (exact) mass is 323 g/mol. The molecule has 4 N–H and O–H groups in total. The maximum Gasteiger partial charge on any atom is 0.314 e. The van der Waals surface area contributed by atoms with E-state index < -0.39 is 6.10 Å². The van der Waals surface area contributed by atoms with Crippen molar-refractivity contribution in [1.29, 1.82) is 0 Å². The molecule has 2 amide bonds. The summed E-state index contributed by atoms with van der Waals surface area (Å²) in [7, 11) is 1.52. The van der Waals surface area contributed by atoms with Gasteiger partial charge in [0.15, 0.2) is 0 Å². The number of rotatable bonds is 8. The fraction of sp³-hybridized carbons (Fsp3) is 0.438. The number of hydrogen-bond donors (Lipinski definition) is 4. The predicted octanol–water partition coefficient (Wildman–Crippen LogP) is 1.55. The highest BCUT2D eigenvalue weighted by molar-refractivity contribution is 5.83. The van der Waals surface area contributed by atoms with Crippen molar-refractivity contribution in [3.63, 3.8) is 0 Å². The lowest BCUT2D eigenvalue weighted by Gasteiger charge is -2.10. The number of H-pyrrole nitrogens is 1. The minimum Gasteiger partial charge on any atom is -0.391 e. The average molecular weight is 323 g/mol. The number of aromatic amines is 1. The van der Waals surface area contributed by atoms with Crippen LogP contribution in [0.4, 0.5) is 9.18 Å². The third kappa shape index (κ3) is 5.22. The highest BCUT2D eigenvalue weighted by Gasteiger charge is 2.07. The molecule has 0 aliphatic heterocycles. The lowest BCUT2D eigenvalue weighted by atomic mass is 10.1. The zero-order valence-corrected chi connectivity index (χ0v) is 13.1. The van der Waals surface area contributed by atoms with E-state index in [0.717, 1.165) is 16.5 Å². The topological polar surface area (TPSA) is 86.4 Å². The van der Waals surface area contributed by atoms with Crippen LogP contribution in [-0.2, 0) is 11.2 Å². The Hall–Kier alpha value is -2.12. The highest BCUT2D eigenvalue weighted by atomic mass is 19.1. The summed E-state index contributed by atoms with van der Waals surface area (Å²) in [5.74, 6) is -0.279. The van der Waals surface area contributed by atoms with Crippen LogP contribution in [0, 0.1) is 5.82 Å². The number of methoxy groups -OCH3 is 1. The number of nitrogens with one attached hydrogen (secondary N) is 3. The van der Waals surface area contributed by atoms with E-state index in [9.17, 15) is 14.3 Å². The second kappa shape index (κ2) is 8.50. The molecule has 2 rings (SSSR count). The summed E-state index contributed by atoms with van der Waals surface area (Å²) in [6, 6.07) is 4.32. The maximum absolute atomic E-state index is 13.1. The standard InChI is InChI=1S/C16H22FN3O3/c1-23-10-13(21)5-7-19-16(22)18-6-4-11-9-20-15-8-12(17)2-3-14(11)15/h2-3,8-9,13,20-21H,4-7,10H2,1H3,(H2,18,19,22). The van der Waals surface area contributed by atoms with Gasteiger partial charge in [0, 0.05) is 37.3 Å². The summed E-state index contributed by atoms with van der Waals surface area (Å²) in [6.45, 7) is 1.10. The quantitative estimate of drug-likeness (QED) is 0.594. The molecule has 23 heavy (non-hydrogen) atoms. The minimum atomic E-state index is -0.577. The van der Waals surface area contributed by atoms with E-state index in [-0.39, 0.29) is 18.5 Å². The molecular formula is C16H22FN3O3. The molecule has 2 aromatic rings. The van der Waals surface area contributed by atoms with Crippen molar-refractivity contribution in [2.24, 2.45) is 0 Å². The minimum absolute atomic E-state index is 0.254. The van der Waals surface area contributed by atoms with Crippen molar-refractivity contribution < 1.29 is 19.0 Å². The zero-order valence-electron chi connectivity index (χ0n) is 13.1. The van der Waals surface area contributed by atoms with Crippen molar-refractivity contribution >= 4 is 16.9 Å². The first-order chi connectivity index (χ1) is 11.1. The molecule has 1 atom stereocenters. The fourth-order valence-electron chi connectivity index (χ4n) is 2.37. The molecule has 0 radical (unpaired) electrons. The molecule has 1 aromatic carbocycles. The highest BCUT2D eigenvalue weighted by Crippen LogP contribution is 2.19. The number of carbonyl (C=O) groups is 1. The van der Waals surface area contributed by atoms with Crippen molar-refractivity contribution in [2.45, 2.75) is 18.9 Å². The Morgan fingerprint density at radius 1 is 1.39 bits per heavy atom. The van der Waals surface area contributed by atoms with E-state index in [4.69, 9.17) is 4.74 Å². The van der Waals surface area contributed by atoms with Gasteiger partial charge in [-0.3, -0.25) is 0 Å². The molecule has 0 saturated heterocycles. The van der Waals surface area contributed by atoms with E-state index in [0.29, 0.717) is 25.9 Å². The Kier molecular flexibility index (Phi) is 6.37. The number of benzene rings is 1. The molecule has 0 saturated carbocycles. The normalized spacial score (nSPS) is 12.3. The summed E-state index contributed by atoms with van der Waals surface area (Å²) in [5, 5.41) is 15.8. The number of amides is 2. The Bertz CT molecular complexity index is 645. The van der Waals surface area contributed by atoms with Gasteiger partial charge in [-0.2, -0.15) is 0 Å². The van der Waals surface area contributed by atoms with Crippen molar-refractivity contribution in [3.8, 4) is 0 Å². The van der Waals surface area contributed by atoms with Crippen molar-refractivity contribution in [1.82, 2.24) is 15.6 Å². The van der Waals surface area contributed by atoms with Gasteiger partial charge < -0.3 is 25.5 Å². The van der Waals surface area contributed by atoms with E-state index >= 15 is 0 Å². The van der Waals surface area contributed by atoms with Crippen LogP contribution in [0.5, 0.6) is 0 Å². The van der Waals surface area contributed by atoms with Gasteiger partial charge in [0.05, 0.1) is 12.7 Å². The van der Waals surface area contributed by atoms with E-state index in [1.807, 2.05) is 6.20 Å². The van der Waals surface area contributed by atoms with E-state index in [2.05, 4.69) is 15.6 Å². The fourth-order valence-corrected chi connectivity index (χ4v) is 2.37. The van der Waals surface area contributed by atoms with Crippen LogP contribution in [0.2, 0.25) is 0 Å². The predicted molar refractivity (Wildman–Crippen MR) is 85.9 cm³/mol. The van der Waals surface area contributed by atoms with Crippen LogP contribution in [-0.4, -0.2) is 49.0 Å². The summed E-state index contributed by atoms with van der Waals surface area (Å²) in [4.78, 5) is 14.6. The molecule has 1 aromatic heterocycles. The first-order valence-corrected chi connectivity index (χ1v) is 7.54. The van der Waals surface area contributed by atoms with E-state index in [1.165, 1.54) is 19.2 Å². The molecule has 6 nitrogen and oxygen atoms in total. The number of aromatic nitrogens is 1. The molecule has 1 unspecified atom stereocenters. The van der Waals surface area contributed by atoms with Gasteiger partial charge >= 0.3 is 6.03 Å². The summed E-state index contributed by atoms with van der Waals surface area (Å²) in [6.07, 6.45) is 2.33. The Balaban J connectivity index is 1.70. The van der Waals surface area contributed by atoms with Crippen LogP contribution in [0.1, 0.15) is 12.0 Å². The first kappa shape index (κ1) is 17.2. The summed E-state index contributed by atoms with van der Waals surface area (Å²) < 4.78 is 17.9. The van der Waals surface area contributed by atoms with Gasteiger partial charge in [0.1, 0.15) is 5.82 Å². The van der Waals surface area contributed by atoms with Gasteiger partial charge in [-0.15, -0.1) is 0 Å². The van der Waals surface area contributed by atoms with Gasteiger partial charge in [-0.1, -0.05) is 0 Å². The smallest absolute Gasteiger partial charge is 0.314 e. The second-order valence-electron chi connectivity index (χ2n) is 5.33. The Labute approximate surface area is 134 Å². The number of aliphatic hydroxyl groups is 1. The Morgan fingerprint density at radius 2 is 2.17 bits per heavy atom. The molecular weight excluding hydrogens is 301 g/mol. The number of carbonyl (C=O) groups excluding carboxylic acids is 1. The van der Waals surface area contributed by atoms with Crippen molar-refractivity contribution in [2.75, 3.05) is 26.8 Å². The SMILES string of the molecule is COCC(O)CCNC(=O)NCCc1c[nH]c2cc(F)ccc12. The van der Waals surface area contributed by atoms with Crippen LogP contribution in [0.3, 0.4) is 0 Å². The van der Waals surface area contributed by atoms with E-state index in [1.54, 1.807) is 6.07 Å². The maximum atomic E-state index is 13.1. The van der Waals surface area contributed by atoms with Gasteiger partial charge in [-0.25, -0.2) is 9.18 Å². The number of halogens is 1. The third-order valence-electron chi connectivity index (χ3n) is 3.53. The van der Waals surface area contributed by atoms with Gasteiger partial charge in [0.25, 0.3) is 0 Å². The molecule has 0 aliphatic carbocycles. The third-order valence-corrected chi connectivity index (χ3v) is 3.53. The van der Waals surface area contributed by atoms with Gasteiger partial charge in [-0.05, 0) is 36.6 Å². The summed E-state index contributed by atoms with van der Waals surface area (Å²) >= 11 is 0. The molecule has 126 valence electrons. The van der Waals surface area contributed by atoms with Crippen LogP contribution < -0.4 is 10.6 Å². The number of ether oxygens (including phenoxy) is 1. The molecule has 0 bridgehead atoms. The number of urea groups is 1. The molecule has 7 heteroatoms. The molecule has 0 spiro atoms. The first-order valence-electron chi connectivity index (χ1n) is 7.54. The lowest BCUT2D eigenvalue weighted by molar-refractivity contribution is 0.0599. The summed E-state index contributed by atoms with van der Waals surface area (Å²) in [5.41, 5.74) is 1.77. The molecule has 1 heterocycles. The number of fused-ring (bicyclic) bond motifs is 1. The largest absolute Gasteiger partial charge is 0.391 e. The van der Waals surface area contributed by atoms with Crippen LogP contribution >= 0.6 is 0 Å². The Morgan fingerprint density at radius 3 is 2.96 bits per heavy atom. The average Bonchev–Trinajstić information content (AvgIpc) is 2.90. The zero-order chi connectivity index (χ0) is 16.7. The van der Waals surface area contributed by atoms with Crippen LogP contribution in [0.15, 0.2) is 24.4 Å². The number of aliphatic hydroxyl groups excluding tert-OH is 1. The molecule has 0 aliphatic rings. The van der Waals surface area contributed by atoms with Gasteiger partial charge in [0.2, 0.25) is 0 Å². The van der Waals surface area contributed by atoms with Crippen LogP contribution in [0.25, 0.3) is 10.9 Å². The lowest BCUT2D eigenvalue weighted by Crippen LogP contribution is -2.38. The second-order valence-corrected chi connectivity index (χ2v) is 5.33.